The molecule has 2 aromatic carbocycles. The summed E-state index contributed by atoms with van der Waals surface area (Å²) in [6.45, 7) is 0.259. The van der Waals surface area contributed by atoms with Crippen molar-refractivity contribution >= 4 is 40.2 Å². The number of esters is 1. The predicted octanol–water partition coefficient (Wildman–Crippen LogP) is 3.89. The number of hydrogen-bond donors (Lipinski definition) is 0. The van der Waals surface area contributed by atoms with E-state index in [-0.39, 0.29) is 12.1 Å². The smallest absolute Gasteiger partial charge is 0.337 e. The third-order valence-corrected chi connectivity index (χ3v) is 5.42. The summed E-state index contributed by atoms with van der Waals surface area (Å²) in [5.41, 5.74) is 1.28. The van der Waals surface area contributed by atoms with Crippen LogP contribution in [-0.2, 0) is 11.3 Å². The Morgan fingerprint density at radius 2 is 2.11 bits per heavy atom. The van der Waals surface area contributed by atoms with Crippen LogP contribution in [-0.4, -0.2) is 28.4 Å². The number of aromatic nitrogens is 2. The largest absolute Gasteiger partial charge is 0.465 e. The molecular weight excluding hydrogens is 398 g/mol. The lowest BCUT2D eigenvalue weighted by Crippen LogP contribution is -2.24. The van der Waals surface area contributed by atoms with E-state index in [9.17, 15) is 9.59 Å². The van der Waals surface area contributed by atoms with Crippen LogP contribution < -0.4 is 5.56 Å². The van der Waals surface area contributed by atoms with Crippen LogP contribution in [0.3, 0.4) is 0 Å². The van der Waals surface area contributed by atoms with Gasteiger partial charge in [-0.1, -0.05) is 41.6 Å². The lowest BCUT2D eigenvalue weighted by molar-refractivity contribution is 0.0601. The molecule has 0 fully saturated rings. The highest BCUT2D eigenvalue weighted by Gasteiger charge is 2.15. The van der Waals surface area contributed by atoms with E-state index in [4.69, 9.17) is 21.6 Å². The van der Waals surface area contributed by atoms with E-state index in [0.717, 1.165) is 5.56 Å². The first-order valence-corrected chi connectivity index (χ1v) is 9.77. The molecule has 1 aromatic heterocycles. The number of fused-ring (bicyclic) bond motifs is 1. The maximum atomic E-state index is 13.1. The van der Waals surface area contributed by atoms with E-state index < -0.39 is 5.97 Å². The molecule has 0 saturated carbocycles. The number of halogens is 1. The standard InChI is InChI=1S/C20H16ClN3O3S/c1-27-19(26)13-7-8-15-17(11-13)23-20(28-10-4-9-22)24(18(15)25)12-14-5-2-3-6-16(14)21/h2-3,5-8,11H,4,10,12H2,1H3. The van der Waals surface area contributed by atoms with Crippen LogP contribution in [0, 0.1) is 11.3 Å². The number of carbonyl (C=O) groups excluding carboxylic acids is 1. The van der Waals surface area contributed by atoms with Gasteiger partial charge in [-0.25, -0.2) is 9.78 Å². The van der Waals surface area contributed by atoms with E-state index in [1.165, 1.54) is 24.9 Å². The van der Waals surface area contributed by atoms with E-state index in [1.807, 2.05) is 18.2 Å². The normalized spacial score (nSPS) is 10.6. The molecule has 0 radical (unpaired) electrons. The zero-order chi connectivity index (χ0) is 20.1. The number of nitriles is 1. The third-order valence-electron chi connectivity index (χ3n) is 4.07. The first-order chi connectivity index (χ1) is 13.5. The minimum Gasteiger partial charge on any atom is -0.465 e. The second-order valence-corrected chi connectivity index (χ2v) is 7.33. The van der Waals surface area contributed by atoms with Crippen molar-refractivity contribution in [2.45, 2.75) is 18.1 Å². The zero-order valence-corrected chi connectivity index (χ0v) is 16.6. The molecule has 28 heavy (non-hydrogen) atoms. The fourth-order valence-corrected chi connectivity index (χ4v) is 3.72. The van der Waals surface area contributed by atoms with E-state index >= 15 is 0 Å². The molecule has 0 saturated heterocycles. The van der Waals surface area contributed by atoms with E-state index in [2.05, 4.69) is 11.1 Å². The summed E-state index contributed by atoms with van der Waals surface area (Å²) in [6, 6.07) is 14.0. The highest BCUT2D eigenvalue weighted by molar-refractivity contribution is 7.99. The Balaban J connectivity index is 2.14. The summed E-state index contributed by atoms with van der Waals surface area (Å²) in [4.78, 5) is 29.5. The van der Waals surface area contributed by atoms with Crippen molar-refractivity contribution in [1.29, 1.82) is 5.26 Å². The number of rotatable bonds is 6. The molecule has 0 amide bonds. The summed E-state index contributed by atoms with van der Waals surface area (Å²) in [6.07, 6.45) is 0.326. The van der Waals surface area contributed by atoms with Gasteiger partial charge < -0.3 is 4.74 Å². The summed E-state index contributed by atoms with van der Waals surface area (Å²) in [5.74, 6) is -0.00385. The van der Waals surface area contributed by atoms with Gasteiger partial charge in [0.25, 0.3) is 5.56 Å². The van der Waals surface area contributed by atoms with E-state index in [0.29, 0.717) is 38.8 Å². The highest BCUT2D eigenvalue weighted by Crippen LogP contribution is 2.22. The first-order valence-electron chi connectivity index (χ1n) is 8.41. The third kappa shape index (κ3) is 4.19. The highest BCUT2D eigenvalue weighted by atomic mass is 35.5. The predicted molar refractivity (Wildman–Crippen MR) is 109 cm³/mol. The molecule has 0 aliphatic rings. The Kier molecular flexibility index (Phi) is 6.34. The molecule has 0 N–H and O–H groups in total. The summed E-state index contributed by atoms with van der Waals surface area (Å²) < 4.78 is 6.28. The number of carbonyl (C=O) groups is 1. The molecule has 0 spiro atoms. The molecule has 0 unspecified atom stereocenters. The van der Waals surface area contributed by atoms with Gasteiger partial charge in [-0.3, -0.25) is 9.36 Å². The fourth-order valence-electron chi connectivity index (χ4n) is 2.68. The van der Waals surface area contributed by atoms with Crippen molar-refractivity contribution in [2.24, 2.45) is 0 Å². The van der Waals surface area contributed by atoms with Gasteiger partial charge in [0, 0.05) is 17.2 Å². The van der Waals surface area contributed by atoms with Gasteiger partial charge in [0.1, 0.15) is 0 Å². The van der Waals surface area contributed by atoms with Gasteiger partial charge in [0.2, 0.25) is 0 Å². The van der Waals surface area contributed by atoms with Crippen molar-refractivity contribution in [1.82, 2.24) is 9.55 Å². The molecule has 3 aromatic rings. The van der Waals surface area contributed by atoms with Crippen LogP contribution in [0.1, 0.15) is 22.3 Å². The van der Waals surface area contributed by atoms with Gasteiger partial charge in [-0.2, -0.15) is 5.26 Å². The minimum atomic E-state index is -0.498. The average Bonchev–Trinajstić information content (AvgIpc) is 2.71. The number of hydrogen-bond acceptors (Lipinski definition) is 6. The molecule has 1 heterocycles. The molecule has 0 atom stereocenters. The van der Waals surface area contributed by atoms with Crippen molar-refractivity contribution in [3.63, 3.8) is 0 Å². The summed E-state index contributed by atoms with van der Waals surface area (Å²) >= 11 is 7.57. The lowest BCUT2D eigenvalue weighted by Gasteiger charge is -2.14. The van der Waals surface area contributed by atoms with Crippen LogP contribution in [0.25, 0.3) is 10.9 Å². The van der Waals surface area contributed by atoms with E-state index in [1.54, 1.807) is 22.8 Å². The Bertz CT molecular complexity index is 1140. The van der Waals surface area contributed by atoms with Crippen LogP contribution in [0.15, 0.2) is 52.4 Å². The summed E-state index contributed by atoms with van der Waals surface area (Å²) in [7, 11) is 1.30. The molecule has 3 rings (SSSR count). The van der Waals surface area contributed by atoms with Crippen molar-refractivity contribution in [2.75, 3.05) is 12.9 Å². The number of methoxy groups -OCH3 is 1. The Morgan fingerprint density at radius 3 is 2.82 bits per heavy atom. The average molecular weight is 414 g/mol. The molecule has 8 heteroatoms. The van der Waals surface area contributed by atoms with Crippen LogP contribution in [0.5, 0.6) is 0 Å². The monoisotopic (exact) mass is 413 g/mol. The quantitative estimate of drug-likeness (QED) is 0.264. The number of nitrogens with zero attached hydrogens (tertiary/aromatic N) is 3. The molecule has 0 bridgehead atoms. The van der Waals surface area contributed by atoms with Crippen LogP contribution >= 0.6 is 23.4 Å². The van der Waals surface area contributed by atoms with Gasteiger partial charge in [-0.15, -0.1) is 0 Å². The second kappa shape index (κ2) is 8.91. The second-order valence-electron chi connectivity index (χ2n) is 5.86. The van der Waals surface area contributed by atoms with Gasteiger partial charge in [-0.05, 0) is 29.8 Å². The summed E-state index contributed by atoms with van der Waals surface area (Å²) in [5, 5.41) is 10.2. The molecule has 142 valence electrons. The van der Waals surface area contributed by atoms with Gasteiger partial charge in [0.15, 0.2) is 5.16 Å². The van der Waals surface area contributed by atoms with Gasteiger partial charge in [0.05, 0.1) is 36.2 Å². The van der Waals surface area contributed by atoms with Crippen molar-refractivity contribution < 1.29 is 9.53 Å². The van der Waals surface area contributed by atoms with Crippen LogP contribution in [0.4, 0.5) is 0 Å². The minimum absolute atomic E-state index is 0.235. The lowest BCUT2D eigenvalue weighted by atomic mass is 10.1. The number of benzene rings is 2. The maximum Gasteiger partial charge on any atom is 0.337 e. The molecule has 0 aliphatic carbocycles. The van der Waals surface area contributed by atoms with Crippen molar-refractivity contribution in [3.8, 4) is 6.07 Å². The number of ether oxygens (including phenoxy) is 1. The fraction of sp³-hybridized carbons (Fsp3) is 0.200. The molecule has 0 aliphatic heterocycles. The number of thioether (sulfide) groups is 1. The SMILES string of the molecule is COC(=O)c1ccc2c(=O)n(Cc3ccccc3Cl)c(SCCC#N)nc2c1. The Hall–Kier alpha value is -2.82. The molecular formula is C20H16ClN3O3S. The topological polar surface area (TPSA) is 85.0 Å². The van der Waals surface area contributed by atoms with Gasteiger partial charge >= 0.3 is 5.97 Å². The molecule has 6 nitrogen and oxygen atoms in total. The van der Waals surface area contributed by atoms with Crippen LogP contribution in [0.2, 0.25) is 5.02 Å². The van der Waals surface area contributed by atoms with Crippen molar-refractivity contribution in [3.05, 3.63) is 69.0 Å². The first kappa shape index (κ1) is 19.9. The Morgan fingerprint density at radius 1 is 1.32 bits per heavy atom. The maximum absolute atomic E-state index is 13.1. The Labute approximate surface area is 170 Å². The zero-order valence-electron chi connectivity index (χ0n) is 15.0.